The maximum absolute atomic E-state index is 12.3. The van der Waals surface area contributed by atoms with Gasteiger partial charge in [-0.2, -0.15) is 0 Å². The summed E-state index contributed by atoms with van der Waals surface area (Å²) in [7, 11) is 0. The summed E-state index contributed by atoms with van der Waals surface area (Å²) in [6.07, 6.45) is -2.64. The molecule has 0 atom stereocenters. The predicted molar refractivity (Wildman–Crippen MR) is 36.6 cm³/mol. The van der Waals surface area contributed by atoms with Gasteiger partial charge in [-0.25, -0.2) is 13.5 Å². The number of aliphatic hydroxyl groups is 1. The fourth-order valence-corrected chi connectivity index (χ4v) is 0.941. The molecule has 1 aromatic heterocycles. The van der Waals surface area contributed by atoms with Gasteiger partial charge in [0.2, 0.25) is 0 Å². The third-order valence-electron chi connectivity index (χ3n) is 1.50. The van der Waals surface area contributed by atoms with E-state index >= 15 is 0 Å². The van der Waals surface area contributed by atoms with Gasteiger partial charge in [0, 0.05) is 6.54 Å². The monoisotopic (exact) mass is 177 g/mol. The molecule has 0 aromatic carbocycles. The Morgan fingerprint density at radius 2 is 2.25 bits per heavy atom. The number of alkyl halides is 2. The Balaban J connectivity index is 3.07. The molecule has 68 valence electrons. The first-order chi connectivity index (χ1) is 5.70. The highest BCUT2D eigenvalue weighted by molar-refractivity contribution is 5.10. The van der Waals surface area contributed by atoms with E-state index in [-0.39, 0.29) is 11.4 Å². The van der Waals surface area contributed by atoms with Crippen LogP contribution in [0.25, 0.3) is 0 Å². The molecule has 1 rings (SSSR count). The summed E-state index contributed by atoms with van der Waals surface area (Å²) in [6.45, 7) is 1.51. The van der Waals surface area contributed by atoms with E-state index in [0.717, 1.165) is 4.68 Å². The summed E-state index contributed by atoms with van der Waals surface area (Å²) < 4.78 is 25.6. The zero-order valence-electron chi connectivity index (χ0n) is 6.54. The standard InChI is InChI=1S/C6H9F2N3O/c1-2-11-5(6(7)8)4(3-12)9-10-11/h6,12H,2-3H2,1H3. The Kier molecular flexibility index (Phi) is 2.69. The van der Waals surface area contributed by atoms with Gasteiger partial charge in [-0.05, 0) is 6.92 Å². The lowest BCUT2D eigenvalue weighted by Gasteiger charge is -2.02. The summed E-state index contributed by atoms with van der Waals surface area (Å²) in [5, 5.41) is 15.5. The van der Waals surface area contributed by atoms with Crippen LogP contribution in [-0.2, 0) is 13.2 Å². The van der Waals surface area contributed by atoms with Crippen molar-refractivity contribution < 1.29 is 13.9 Å². The zero-order chi connectivity index (χ0) is 9.14. The van der Waals surface area contributed by atoms with Crippen LogP contribution in [0.3, 0.4) is 0 Å². The molecule has 1 N–H and O–H groups in total. The van der Waals surface area contributed by atoms with E-state index in [4.69, 9.17) is 5.11 Å². The van der Waals surface area contributed by atoms with E-state index in [1.807, 2.05) is 0 Å². The molecule has 6 heteroatoms. The van der Waals surface area contributed by atoms with Crippen molar-refractivity contribution in [1.29, 1.82) is 0 Å². The Morgan fingerprint density at radius 3 is 2.67 bits per heavy atom. The number of aliphatic hydroxyl groups excluding tert-OH is 1. The fraction of sp³-hybridized carbons (Fsp3) is 0.667. The third kappa shape index (κ3) is 1.42. The smallest absolute Gasteiger partial charge is 0.282 e. The maximum atomic E-state index is 12.3. The van der Waals surface area contributed by atoms with Crippen molar-refractivity contribution in [2.24, 2.45) is 0 Å². The quantitative estimate of drug-likeness (QED) is 0.740. The Labute approximate surface area is 67.8 Å². The molecule has 0 bridgehead atoms. The van der Waals surface area contributed by atoms with Gasteiger partial charge in [0.25, 0.3) is 6.43 Å². The SMILES string of the molecule is CCn1nnc(CO)c1C(F)F. The molecule has 0 aliphatic rings. The number of aromatic nitrogens is 3. The molecule has 0 aliphatic heterocycles. The number of halogens is 2. The van der Waals surface area contributed by atoms with E-state index in [2.05, 4.69) is 10.3 Å². The second-order valence-corrected chi connectivity index (χ2v) is 2.20. The Morgan fingerprint density at radius 1 is 1.58 bits per heavy atom. The van der Waals surface area contributed by atoms with Crippen molar-refractivity contribution in [3.63, 3.8) is 0 Å². The molecule has 0 unspecified atom stereocenters. The van der Waals surface area contributed by atoms with Crippen molar-refractivity contribution >= 4 is 0 Å². The molecular formula is C6H9F2N3O. The van der Waals surface area contributed by atoms with Crippen LogP contribution in [0.1, 0.15) is 24.7 Å². The van der Waals surface area contributed by atoms with Gasteiger partial charge in [0.05, 0.1) is 6.61 Å². The summed E-state index contributed by atoms with van der Waals surface area (Å²) in [6, 6.07) is 0. The van der Waals surface area contributed by atoms with Gasteiger partial charge in [-0.15, -0.1) is 5.10 Å². The molecule has 0 saturated heterocycles. The van der Waals surface area contributed by atoms with Crippen LogP contribution < -0.4 is 0 Å². The van der Waals surface area contributed by atoms with E-state index in [1.165, 1.54) is 0 Å². The Bertz CT molecular complexity index is 240. The van der Waals surface area contributed by atoms with Crippen molar-refractivity contribution in [2.45, 2.75) is 26.5 Å². The number of rotatable bonds is 3. The van der Waals surface area contributed by atoms with E-state index in [1.54, 1.807) is 6.92 Å². The molecule has 1 aromatic rings. The minimum Gasteiger partial charge on any atom is -0.390 e. The highest BCUT2D eigenvalue weighted by atomic mass is 19.3. The average Bonchev–Trinajstić information content (AvgIpc) is 2.46. The third-order valence-corrected chi connectivity index (χ3v) is 1.50. The molecule has 4 nitrogen and oxygen atoms in total. The maximum Gasteiger partial charge on any atom is 0.282 e. The molecule has 0 saturated carbocycles. The first-order valence-corrected chi connectivity index (χ1v) is 3.52. The van der Waals surface area contributed by atoms with Gasteiger partial charge < -0.3 is 5.11 Å². The van der Waals surface area contributed by atoms with Crippen LogP contribution in [0.15, 0.2) is 0 Å². The highest BCUT2D eigenvalue weighted by Gasteiger charge is 2.19. The second kappa shape index (κ2) is 3.57. The fourth-order valence-electron chi connectivity index (χ4n) is 0.941. The summed E-state index contributed by atoms with van der Waals surface area (Å²) in [4.78, 5) is 0. The second-order valence-electron chi connectivity index (χ2n) is 2.20. The number of hydrogen-bond donors (Lipinski definition) is 1. The summed E-state index contributed by atoms with van der Waals surface area (Å²) in [5.41, 5.74) is -0.341. The van der Waals surface area contributed by atoms with E-state index in [0.29, 0.717) is 6.54 Å². The van der Waals surface area contributed by atoms with Crippen molar-refractivity contribution in [3.05, 3.63) is 11.4 Å². The largest absolute Gasteiger partial charge is 0.390 e. The molecule has 1 heterocycles. The van der Waals surface area contributed by atoms with Crippen LogP contribution in [0.5, 0.6) is 0 Å². The Hall–Kier alpha value is -1.04. The summed E-state index contributed by atoms with van der Waals surface area (Å²) >= 11 is 0. The lowest BCUT2D eigenvalue weighted by atomic mass is 10.3. The van der Waals surface area contributed by atoms with E-state index in [9.17, 15) is 8.78 Å². The van der Waals surface area contributed by atoms with Crippen molar-refractivity contribution in [3.8, 4) is 0 Å². The summed E-state index contributed by atoms with van der Waals surface area (Å²) in [5.74, 6) is 0. The molecule has 0 aliphatic carbocycles. The molecule has 0 spiro atoms. The minimum absolute atomic E-state index is 0.0492. The van der Waals surface area contributed by atoms with Crippen LogP contribution in [0.2, 0.25) is 0 Å². The lowest BCUT2D eigenvalue weighted by Crippen LogP contribution is -2.04. The molecule has 12 heavy (non-hydrogen) atoms. The van der Waals surface area contributed by atoms with Gasteiger partial charge in [0.1, 0.15) is 11.4 Å². The predicted octanol–water partition coefficient (Wildman–Crippen LogP) is 0.728. The topological polar surface area (TPSA) is 50.9 Å². The first-order valence-electron chi connectivity index (χ1n) is 3.52. The highest BCUT2D eigenvalue weighted by Crippen LogP contribution is 2.20. The van der Waals surface area contributed by atoms with Crippen molar-refractivity contribution in [2.75, 3.05) is 0 Å². The molecule has 0 amide bonds. The zero-order valence-corrected chi connectivity index (χ0v) is 6.54. The normalized spacial score (nSPS) is 11.1. The first kappa shape index (κ1) is 9.05. The van der Waals surface area contributed by atoms with Crippen LogP contribution in [-0.4, -0.2) is 20.1 Å². The van der Waals surface area contributed by atoms with Gasteiger partial charge in [-0.3, -0.25) is 0 Å². The average molecular weight is 177 g/mol. The van der Waals surface area contributed by atoms with Crippen molar-refractivity contribution in [1.82, 2.24) is 15.0 Å². The molecule has 0 fully saturated rings. The number of nitrogens with zero attached hydrogens (tertiary/aromatic N) is 3. The van der Waals surface area contributed by atoms with Crippen LogP contribution in [0, 0.1) is 0 Å². The number of aryl methyl sites for hydroxylation is 1. The van der Waals surface area contributed by atoms with E-state index < -0.39 is 13.0 Å². The van der Waals surface area contributed by atoms with Gasteiger partial charge in [0.15, 0.2) is 0 Å². The lowest BCUT2D eigenvalue weighted by molar-refractivity contribution is 0.135. The number of hydrogen-bond acceptors (Lipinski definition) is 3. The van der Waals surface area contributed by atoms with Gasteiger partial charge in [-0.1, -0.05) is 5.21 Å². The molecule has 0 radical (unpaired) electrons. The molecular weight excluding hydrogens is 168 g/mol. The van der Waals surface area contributed by atoms with Crippen LogP contribution >= 0.6 is 0 Å². The minimum atomic E-state index is -2.64. The van der Waals surface area contributed by atoms with Gasteiger partial charge >= 0.3 is 0 Å². The van der Waals surface area contributed by atoms with Crippen LogP contribution in [0.4, 0.5) is 8.78 Å².